The first-order chi connectivity index (χ1) is 15.8. The zero-order chi connectivity index (χ0) is 23.8. The van der Waals surface area contributed by atoms with Gasteiger partial charge >= 0.3 is 0 Å². The molecule has 3 rings (SSSR count). The van der Waals surface area contributed by atoms with Crippen LogP contribution in [0.1, 0.15) is 5.56 Å². The van der Waals surface area contributed by atoms with E-state index in [1.54, 1.807) is 30.0 Å². The van der Waals surface area contributed by atoms with Gasteiger partial charge < -0.3 is 5.32 Å². The molecule has 0 fully saturated rings. The quantitative estimate of drug-likeness (QED) is 0.324. The summed E-state index contributed by atoms with van der Waals surface area (Å²) in [6.07, 6.45) is 0. The molecule has 10 heteroatoms. The first-order valence-corrected chi connectivity index (χ1v) is 13.6. The first kappa shape index (κ1) is 25.7. The van der Waals surface area contributed by atoms with E-state index in [1.807, 2.05) is 24.3 Å². The molecule has 0 bridgehead atoms. The zero-order valence-electron chi connectivity index (χ0n) is 17.4. The average Bonchev–Trinajstić information content (AvgIpc) is 2.78. The minimum atomic E-state index is -4.02. The van der Waals surface area contributed by atoms with Gasteiger partial charge in [-0.2, -0.15) is 11.8 Å². The van der Waals surface area contributed by atoms with E-state index in [9.17, 15) is 13.2 Å². The highest BCUT2D eigenvalue weighted by molar-refractivity contribution is 7.98. The minimum absolute atomic E-state index is 0.0624. The van der Waals surface area contributed by atoms with E-state index in [0.29, 0.717) is 17.3 Å². The van der Waals surface area contributed by atoms with E-state index in [2.05, 4.69) is 5.32 Å². The lowest BCUT2D eigenvalue weighted by atomic mass is 10.2. The summed E-state index contributed by atoms with van der Waals surface area (Å²) in [6, 6.07) is 19.9. The van der Waals surface area contributed by atoms with Crippen LogP contribution in [0.4, 0.5) is 5.69 Å². The molecule has 33 heavy (non-hydrogen) atoms. The molecule has 0 atom stereocenters. The Morgan fingerprint density at radius 2 is 1.52 bits per heavy atom. The number of hydrogen-bond acceptors (Lipinski definition) is 4. The second-order valence-electron chi connectivity index (χ2n) is 6.98. The minimum Gasteiger partial charge on any atom is -0.354 e. The van der Waals surface area contributed by atoms with Crippen molar-refractivity contribution in [1.82, 2.24) is 5.32 Å². The van der Waals surface area contributed by atoms with Gasteiger partial charge in [0.1, 0.15) is 6.54 Å². The smallest absolute Gasteiger partial charge is 0.264 e. The van der Waals surface area contributed by atoms with Gasteiger partial charge in [0.15, 0.2) is 0 Å². The lowest BCUT2D eigenvalue weighted by Crippen LogP contribution is -2.41. The summed E-state index contributed by atoms with van der Waals surface area (Å²) in [4.78, 5) is 12.7. The highest BCUT2D eigenvalue weighted by Crippen LogP contribution is 2.29. The Morgan fingerprint density at radius 1 is 0.879 bits per heavy atom. The number of sulfonamides is 1. The van der Waals surface area contributed by atoms with E-state index in [1.165, 1.54) is 30.3 Å². The largest absolute Gasteiger partial charge is 0.354 e. The molecular formula is C23H21Cl3N2O3S2. The standard InChI is InChI=1S/C23H21Cl3N2O3S2/c24-18-8-6-17(7-9-18)16-32-11-10-27-23(29)15-28(21-13-19(25)12-20(26)14-21)33(30,31)22-4-2-1-3-5-22/h1-9,12-14H,10-11,15-16H2,(H,27,29). The molecule has 3 aromatic rings. The van der Waals surface area contributed by atoms with Crippen molar-refractivity contribution in [3.8, 4) is 0 Å². The van der Waals surface area contributed by atoms with E-state index >= 15 is 0 Å². The number of hydrogen-bond donors (Lipinski definition) is 1. The molecule has 0 radical (unpaired) electrons. The number of nitrogens with one attached hydrogen (secondary N) is 1. The molecule has 0 spiro atoms. The Labute approximate surface area is 213 Å². The average molecular weight is 544 g/mol. The second-order valence-corrected chi connectivity index (χ2v) is 11.3. The van der Waals surface area contributed by atoms with Crippen LogP contribution in [-0.2, 0) is 20.6 Å². The summed E-state index contributed by atoms with van der Waals surface area (Å²) >= 11 is 19.7. The monoisotopic (exact) mass is 542 g/mol. The maximum absolute atomic E-state index is 13.3. The number of nitrogens with zero attached hydrogens (tertiary/aromatic N) is 1. The first-order valence-electron chi connectivity index (χ1n) is 9.88. The normalized spacial score (nSPS) is 11.2. The summed E-state index contributed by atoms with van der Waals surface area (Å²) in [7, 11) is -4.02. The maximum Gasteiger partial charge on any atom is 0.264 e. The Balaban J connectivity index is 1.65. The van der Waals surface area contributed by atoms with Gasteiger partial charge in [0.2, 0.25) is 5.91 Å². The number of amides is 1. The van der Waals surface area contributed by atoms with Gasteiger partial charge in [0.25, 0.3) is 10.0 Å². The molecule has 0 saturated carbocycles. The van der Waals surface area contributed by atoms with Gasteiger partial charge in [-0.05, 0) is 48.0 Å². The van der Waals surface area contributed by atoms with E-state index in [4.69, 9.17) is 34.8 Å². The molecule has 0 saturated heterocycles. The van der Waals surface area contributed by atoms with E-state index in [-0.39, 0.29) is 20.6 Å². The van der Waals surface area contributed by atoms with Crippen molar-refractivity contribution in [2.75, 3.05) is 23.1 Å². The number of carbonyl (C=O) groups excluding carboxylic acids is 1. The number of carbonyl (C=O) groups is 1. The van der Waals surface area contributed by atoms with Crippen molar-refractivity contribution in [2.45, 2.75) is 10.6 Å². The Bertz CT molecular complexity index is 1170. The van der Waals surface area contributed by atoms with Crippen LogP contribution in [0.5, 0.6) is 0 Å². The number of halogens is 3. The molecular weight excluding hydrogens is 523 g/mol. The summed E-state index contributed by atoms with van der Waals surface area (Å²) in [6.45, 7) is -0.0115. The fourth-order valence-electron chi connectivity index (χ4n) is 2.94. The van der Waals surface area contributed by atoms with Gasteiger partial charge in [-0.25, -0.2) is 8.42 Å². The third kappa shape index (κ3) is 7.55. The highest BCUT2D eigenvalue weighted by Gasteiger charge is 2.27. The van der Waals surface area contributed by atoms with Crippen LogP contribution in [0.3, 0.4) is 0 Å². The fourth-order valence-corrected chi connectivity index (χ4v) is 5.82. The van der Waals surface area contributed by atoms with Crippen LogP contribution in [-0.4, -0.2) is 33.2 Å². The Hall–Kier alpha value is -1.90. The lowest BCUT2D eigenvalue weighted by molar-refractivity contribution is -0.119. The zero-order valence-corrected chi connectivity index (χ0v) is 21.3. The van der Waals surface area contributed by atoms with Crippen LogP contribution >= 0.6 is 46.6 Å². The van der Waals surface area contributed by atoms with Gasteiger partial charge in [-0.1, -0.05) is 65.1 Å². The van der Waals surface area contributed by atoms with Crippen LogP contribution in [0.25, 0.3) is 0 Å². The molecule has 1 N–H and O–H groups in total. The molecule has 5 nitrogen and oxygen atoms in total. The van der Waals surface area contributed by atoms with Crippen molar-refractivity contribution < 1.29 is 13.2 Å². The van der Waals surface area contributed by atoms with E-state index in [0.717, 1.165) is 15.6 Å². The predicted molar refractivity (Wildman–Crippen MR) is 138 cm³/mol. The second kappa shape index (κ2) is 12.0. The third-order valence-electron chi connectivity index (χ3n) is 4.50. The Morgan fingerprint density at radius 3 is 2.15 bits per heavy atom. The van der Waals surface area contributed by atoms with Crippen LogP contribution in [0, 0.1) is 0 Å². The molecule has 174 valence electrons. The maximum atomic E-state index is 13.3. The fraction of sp³-hybridized carbons (Fsp3) is 0.174. The Kier molecular flexibility index (Phi) is 9.35. The van der Waals surface area contributed by atoms with Crippen LogP contribution in [0.15, 0.2) is 77.7 Å². The summed E-state index contributed by atoms with van der Waals surface area (Å²) < 4.78 is 27.6. The summed E-state index contributed by atoms with van der Waals surface area (Å²) in [5.41, 5.74) is 1.34. The topological polar surface area (TPSA) is 66.5 Å². The predicted octanol–water partition coefficient (Wildman–Crippen LogP) is 5.89. The lowest BCUT2D eigenvalue weighted by Gasteiger charge is -2.24. The van der Waals surface area contributed by atoms with Crippen molar-refractivity contribution in [3.05, 3.63) is 93.4 Å². The number of thioether (sulfide) groups is 1. The summed E-state index contributed by atoms with van der Waals surface area (Å²) in [5, 5.41) is 4.00. The van der Waals surface area contributed by atoms with Crippen LogP contribution < -0.4 is 9.62 Å². The molecule has 0 aliphatic heterocycles. The van der Waals surface area contributed by atoms with E-state index < -0.39 is 22.5 Å². The molecule has 3 aromatic carbocycles. The molecule has 0 aliphatic rings. The summed E-state index contributed by atoms with van der Waals surface area (Å²) in [5.74, 6) is 1.02. The third-order valence-corrected chi connectivity index (χ3v) is 8.01. The van der Waals surface area contributed by atoms with Gasteiger partial charge in [0, 0.05) is 33.1 Å². The van der Waals surface area contributed by atoms with Crippen LogP contribution in [0.2, 0.25) is 15.1 Å². The van der Waals surface area contributed by atoms with Crippen molar-refractivity contribution in [2.24, 2.45) is 0 Å². The molecule has 0 aliphatic carbocycles. The molecule has 0 unspecified atom stereocenters. The highest BCUT2D eigenvalue weighted by atomic mass is 35.5. The van der Waals surface area contributed by atoms with Gasteiger partial charge in [-0.3, -0.25) is 9.10 Å². The molecule has 0 aromatic heterocycles. The SMILES string of the molecule is O=C(CN(c1cc(Cl)cc(Cl)c1)S(=O)(=O)c1ccccc1)NCCSCc1ccc(Cl)cc1. The van der Waals surface area contributed by atoms with Crippen molar-refractivity contribution in [1.29, 1.82) is 0 Å². The number of anilines is 1. The van der Waals surface area contributed by atoms with Gasteiger partial charge in [0.05, 0.1) is 10.6 Å². The molecule has 1 amide bonds. The van der Waals surface area contributed by atoms with Crippen molar-refractivity contribution in [3.63, 3.8) is 0 Å². The van der Waals surface area contributed by atoms with Gasteiger partial charge in [-0.15, -0.1) is 0 Å². The number of rotatable bonds is 10. The molecule has 0 heterocycles. The van der Waals surface area contributed by atoms with Crippen molar-refractivity contribution >= 4 is 68.2 Å². The number of benzene rings is 3.